The predicted octanol–water partition coefficient (Wildman–Crippen LogP) is 3.89. The first kappa shape index (κ1) is 22.5. The SMILES string of the molecule is CC[C@@H]1CC(Nc2ncc(C3C=NN(C)C3)cn2)C[C@H](CC)N1C(=O)CC(C)(C)C. The van der Waals surface area contributed by atoms with Crippen LogP contribution >= 0.6 is 0 Å². The number of aromatic nitrogens is 2. The van der Waals surface area contributed by atoms with Crippen LogP contribution in [-0.4, -0.2) is 63.7 Å². The number of carbonyl (C=O) groups is 1. The molecule has 1 amide bonds. The Balaban J connectivity index is 1.65. The Hall–Kier alpha value is -2.18. The van der Waals surface area contributed by atoms with Crippen LogP contribution in [0.15, 0.2) is 17.5 Å². The number of likely N-dealkylation sites (N-methyl/N-ethyl adjacent to an activating group) is 1. The molecule has 7 heteroatoms. The van der Waals surface area contributed by atoms with E-state index in [4.69, 9.17) is 0 Å². The highest BCUT2D eigenvalue weighted by molar-refractivity contribution is 5.77. The van der Waals surface area contributed by atoms with Crippen molar-refractivity contribution in [3.8, 4) is 0 Å². The molecule has 0 spiro atoms. The van der Waals surface area contributed by atoms with Gasteiger partial charge in [-0.05, 0) is 36.7 Å². The molecule has 0 radical (unpaired) electrons. The summed E-state index contributed by atoms with van der Waals surface area (Å²) >= 11 is 0. The van der Waals surface area contributed by atoms with E-state index >= 15 is 0 Å². The topological polar surface area (TPSA) is 73.7 Å². The average molecular weight is 415 g/mol. The van der Waals surface area contributed by atoms with Crippen LogP contribution in [-0.2, 0) is 4.79 Å². The Labute approximate surface area is 181 Å². The normalized spacial score (nSPS) is 26.9. The largest absolute Gasteiger partial charge is 0.351 e. The zero-order valence-corrected chi connectivity index (χ0v) is 19.4. The lowest BCUT2D eigenvalue weighted by molar-refractivity contribution is -0.140. The lowest BCUT2D eigenvalue weighted by atomic mass is 9.85. The minimum absolute atomic E-state index is 0.0111. The molecule has 1 fully saturated rings. The summed E-state index contributed by atoms with van der Waals surface area (Å²) in [6.07, 6.45) is 10.2. The van der Waals surface area contributed by atoms with Crippen LogP contribution in [0.25, 0.3) is 0 Å². The number of hydrazone groups is 1. The second-order valence-corrected chi connectivity index (χ2v) is 10.0. The third-order valence-electron chi connectivity index (χ3n) is 6.15. The van der Waals surface area contributed by atoms with Gasteiger partial charge >= 0.3 is 0 Å². The summed E-state index contributed by atoms with van der Waals surface area (Å²) in [6.45, 7) is 11.6. The van der Waals surface area contributed by atoms with Crippen molar-refractivity contribution < 1.29 is 4.79 Å². The van der Waals surface area contributed by atoms with E-state index in [0.717, 1.165) is 37.8 Å². The fourth-order valence-corrected chi connectivity index (χ4v) is 4.63. The number of nitrogens with zero attached hydrogens (tertiary/aromatic N) is 5. The molecule has 2 aliphatic heterocycles. The molecule has 30 heavy (non-hydrogen) atoms. The smallest absolute Gasteiger partial charge is 0.223 e. The molecular formula is C23H38N6O. The zero-order valence-electron chi connectivity index (χ0n) is 19.4. The van der Waals surface area contributed by atoms with E-state index < -0.39 is 0 Å². The maximum atomic E-state index is 13.1. The van der Waals surface area contributed by atoms with Gasteiger partial charge in [-0.3, -0.25) is 9.80 Å². The highest BCUT2D eigenvalue weighted by atomic mass is 16.2. The molecule has 0 bridgehead atoms. The number of anilines is 1. The van der Waals surface area contributed by atoms with Gasteiger partial charge in [0.15, 0.2) is 0 Å². The fourth-order valence-electron chi connectivity index (χ4n) is 4.63. The van der Waals surface area contributed by atoms with Crippen molar-refractivity contribution in [2.24, 2.45) is 10.5 Å². The van der Waals surface area contributed by atoms with E-state index in [-0.39, 0.29) is 29.5 Å². The molecule has 1 aromatic rings. The van der Waals surface area contributed by atoms with E-state index in [9.17, 15) is 4.79 Å². The van der Waals surface area contributed by atoms with E-state index in [0.29, 0.717) is 18.3 Å². The first-order chi connectivity index (χ1) is 14.2. The van der Waals surface area contributed by atoms with E-state index in [1.165, 1.54) is 0 Å². The number of hydrogen-bond acceptors (Lipinski definition) is 6. The van der Waals surface area contributed by atoms with Gasteiger partial charge in [0, 0.05) is 62.7 Å². The van der Waals surface area contributed by atoms with E-state index in [1.54, 1.807) is 0 Å². The first-order valence-electron chi connectivity index (χ1n) is 11.3. The number of hydrogen-bond donors (Lipinski definition) is 1. The lowest BCUT2D eigenvalue weighted by Gasteiger charge is -2.46. The summed E-state index contributed by atoms with van der Waals surface area (Å²) in [4.78, 5) is 24.4. The predicted molar refractivity (Wildman–Crippen MR) is 122 cm³/mol. The summed E-state index contributed by atoms with van der Waals surface area (Å²) in [7, 11) is 1.97. The number of likely N-dealkylation sites (tertiary alicyclic amines) is 1. The van der Waals surface area contributed by atoms with Crippen molar-refractivity contribution in [3.05, 3.63) is 18.0 Å². The molecule has 3 rings (SSSR count). The average Bonchev–Trinajstić information content (AvgIpc) is 3.12. The van der Waals surface area contributed by atoms with Crippen molar-refractivity contribution >= 4 is 18.1 Å². The molecule has 3 heterocycles. The second-order valence-electron chi connectivity index (χ2n) is 10.0. The van der Waals surface area contributed by atoms with Crippen LogP contribution in [0, 0.1) is 5.41 Å². The lowest BCUT2D eigenvalue weighted by Crippen LogP contribution is -2.55. The molecule has 0 aromatic carbocycles. The van der Waals surface area contributed by atoms with Gasteiger partial charge in [-0.2, -0.15) is 5.10 Å². The minimum atomic E-state index is 0.0111. The van der Waals surface area contributed by atoms with Crippen LogP contribution in [0.4, 0.5) is 5.95 Å². The quantitative estimate of drug-likeness (QED) is 0.764. The summed E-state index contributed by atoms with van der Waals surface area (Å²) < 4.78 is 0. The van der Waals surface area contributed by atoms with Gasteiger partial charge < -0.3 is 10.2 Å². The minimum Gasteiger partial charge on any atom is -0.351 e. The third kappa shape index (κ3) is 5.49. The molecular weight excluding hydrogens is 376 g/mol. The standard InChI is InChI=1S/C23H38N6O/c1-7-19-9-18(10-20(8-2)29(19)21(30)11-23(3,4)5)27-22-24-12-16(13-25-22)17-14-26-28(6)15-17/h12-14,17-20H,7-11,15H2,1-6H3,(H,24,25,27)/t17?,18?,19-,20+. The molecule has 2 aliphatic rings. The molecule has 2 unspecified atom stereocenters. The third-order valence-corrected chi connectivity index (χ3v) is 6.15. The second kappa shape index (κ2) is 9.31. The van der Waals surface area contributed by atoms with Gasteiger partial charge in [0.2, 0.25) is 11.9 Å². The van der Waals surface area contributed by atoms with Gasteiger partial charge in [0.25, 0.3) is 0 Å². The monoisotopic (exact) mass is 414 g/mol. The van der Waals surface area contributed by atoms with Crippen molar-refractivity contribution in [1.29, 1.82) is 0 Å². The number of amides is 1. The Morgan fingerprint density at radius 3 is 2.20 bits per heavy atom. The Morgan fingerprint density at radius 2 is 1.73 bits per heavy atom. The molecule has 1 N–H and O–H groups in total. The van der Waals surface area contributed by atoms with Crippen LogP contribution in [0.3, 0.4) is 0 Å². The summed E-state index contributed by atoms with van der Waals surface area (Å²) in [6, 6.07) is 0.810. The first-order valence-corrected chi connectivity index (χ1v) is 11.3. The molecule has 0 saturated carbocycles. The maximum absolute atomic E-state index is 13.1. The fraction of sp³-hybridized carbons (Fsp3) is 0.739. The van der Waals surface area contributed by atoms with Crippen LogP contribution in [0.2, 0.25) is 0 Å². The van der Waals surface area contributed by atoms with Gasteiger partial charge in [0.05, 0.1) is 0 Å². The van der Waals surface area contributed by atoms with Gasteiger partial charge in [-0.25, -0.2) is 9.97 Å². The summed E-state index contributed by atoms with van der Waals surface area (Å²) in [5, 5.41) is 9.77. The van der Waals surface area contributed by atoms with E-state index in [2.05, 4.69) is 59.9 Å². The summed E-state index contributed by atoms with van der Waals surface area (Å²) in [5.74, 6) is 1.23. The number of piperidine rings is 1. The van der Waals surface area contributed by atoms with E-state index in [1.807, 2.05) is 30.7 Å². The Morgan fingerprint density at radius 1 is 1.13 bits per heavy atom. The molecule has 1 saturated heterocycles. The van der Waals surface area contributed by atoms with Crippen LogP contribution in [0.5, 0.6) is 0 Å². The van der Waals surface area contributed by atoms with Crippen LogP contribution in [0.1, 0.15) is 78.2 Å². The molecule has 166 valence electrons. The van der Waals surface area contributed by atoms with Gasteiger partial charge in [-0.1, -0.05) is 34.6 Å². The number of carbonyl (C=O) groups excluding carboxylic acids is 1. The van der Waals surface area contributed by atoms with Crippen LogP contribution < -0.4 is 5.32 Å². The van der Waals surface area contributed by atoms with Crippen molar-refractivity contribution in [2.45, 2.75) is 90.8 Å². The highest BCUT2D eigenvalue weighted by Gasteiger charge is 2.38. The van der Waals surface area contributed by atoms with Crippen molar-refractivity contribution in [3.63, 3.8) is 0 Å². The van der Waals surface area contributed by atoms with Gasteiger partial charge in [-0.15, -0.1) is 0 Å². The van der Waals surface area contributed by atoms with Crippen molar-refractivity contribution in [1.82, 2.24) is 19.9 Å². The molecule has 7 nitrogen and oxygen atoms in total. The molecule has 4 atom stereocenters. The Kier molecular flexibility index (Phi) is 6.98. The molecule has 1 aromatic heterocycles. The highest BCUT2D eigenvalue weighted by Crippen LogP contribution is 2.32. The summed E-state index contributed by atoms with van der Waals surface area (Å²) in [5.41, 5.74) is 1.10. The van der Waals surface area contributed by atoms with Gasteiger partial charge in [0.1, 0.15) is 0 Å². The Bertz CT molecular complexity index is 727. The van der Waals surface area contributed by atoms with Crippen molar-refractivity contribution in [2.75, 3.05) is 18.9 Å². The maximum Gasteiger partial charge on any atom is 0.223 e. The number of rotatable bonds is 6. The number of nitrogens with one attached hydrogen (secondary N) is 1. The zero-order chi connectivity index (χ0) is 21.9. The molecule has 0 aliphatic carbocycles.